The molecule has 0 saturated carbocycles. The van der Waals surface area contributed by atoms with E-state index in [1.165, 1.54) is 10.9 Å². The Morgan fingerprint density at radius 3 is 2.76 bits per heavy atom. The highest BCUT2D eigenvalue weighted by atomic mass is 31.2. The Morgan fingerprint density at radius 2 is 2.14 bits per heavy atom. The Morgan fingerprint density at radius 1 is 1.43 bits per heavy atom. The highest BCUT2D eigenvalue weighted by molar-refractivity contribution is 7.51. The zero-order chi connectivity index (χ0) is 15.6. The highest BCUT2D eigenvalue weighted by Crippen LogP contribution is 2.34. The van der Waals surface area contributed by atoms with Crippen molar-refractivity contribution in [2.24, 2.45) is 0 Å². The first-order chi connectivity index (χ1) is 9.80. The van der Waals surface area contributed by atoms with Crippen molar-refractivity contribution in [2.75, 3.05) is 24.5 Å². The van der Waals surface area contributed by atoms with Gasteiger partial charge < -0.3 is 30.6 Å². The van der Waals surface area contributed by atoms with Crippen LogP contribution in [0.25, 0.3) is 11.2 Å². The van der Waals surface area contributed by atoms with Crippen molar-refractivity contribution in [2.45, 2.75) is 12.6 Å². The lowest BCUT2D eigenvalue weighted by molar-refractivity contribution is 0.0445. The minimum absolute atomic E-state index is 0.0527. The van der Waals surface area contributed by atoms with Crippen LogP contribution in [-0.4, -0.2) is 48.4 Å². The fourth-order valence-corrected chi connectivity index (χ4v) is 2.09. The monoisotopic (exact) mass is 320 g/mol. The summed E-state index contributed by atoms with van der Waals surface area (Å²) < 4.78 is 29.9. The van der Waals surface area contributed by atoms with Crippen LogP contribution in [0.1, 0.15) is 0 Å². The number of alkyl halides is 1. The molecule has 0 fully saturated rings. The molecule has 21 heavy (non-hydrogen) atoms. The molecular weight excluding hydrogens is 306 g/mol. The van der Waals surface area contributed by atoms with Gasteiger partial charge in [0.15, 0.2) is 11.5 Å². The summed E-state index contributed by atoms with van der Waals surface area (Å²) in [5, 5.41) is 0. The minimum atomic E-state index is -4.37. The van der Waals surface area contributed by atoms with E-state index < -0.39 is 26.7 Å². The van der Waals surface area contributed by atoms with Crippen molar-refractivity contribution in [1.29, 1.82) is 0 Å². The van der Waals surface area contributed by atoms with Gasteiger partial charge in [-0.05, 0) is 0 Å². The molecular formula is C9H14FN6O4P. The summed E-state index contributed by atoms with van der Waals surface area (Å²) in [7, 11) is -4.37. The molecule has 2 aromatic rings. The largest absolute Gasteiger partial charge is 0.382 e. The lowest BCUT2D eigenvalue weighted by atomic mass is 10.4. The molecule has 0 aliphatic carbocycles. The van der Waals surface area contributed by atoms with Crippen LogP contribution in [0.2, 0.25) is 0 Å². The molecule has 0 spiro atoms. The van der Waals surface area contributed by atoms with E-state index in [1.807, 2.05) is 0 Å². The number of ether oxygens (including phenoxy) is 1. The van der Waals surface area contributed by atoms with Crippen molar-refractivity contribution in [3.8, 4) is 0 Å². The molecule has 0 radical (unpaired) electrons. The molecule has 0 saturated heterocycles. The van der Waals surface area contributed by atoms with Crippen LogP contribution in [0, 0.1) is 0 Å². The maximum atomic E-state index is 12.9. The summed E-state index contributed by atoms with van der Waals surface area (Å²) >= 11 is 0. The Kier molecular flexibility index (Phi) is 4.37. The Bertz CT molecular complexity index is 688. The van der Waals surface area contributed by atoms with E-state index >= 15 is 0 Å². The standard InChI is InChI=1S/C9H14FN6O4P/c10-1-5(20-4-21(17,18)19)2-16-3-13-6-7(11)14-9(12)15-8(6)16/h3,5H,1-2,4H2,(H2,17,18,19)(H4,11,12,14,15)/t5-/m1/s1. The molecule has 0 aromatic carbocycles. The molecule has 6 N–H and O–H groups in total. The normalized spacial score (nSPS) is 13.7. The van der Waals surface area contributed by atoms with Crippen LogP contribution in [0.4, 0.5) is 16.2 Å². The number of aromatic nitrogens is 4. The second-order valence-electron chi connectivity index (χ2n) is 4.27. The molecule has 0 unspecified atom stereocenters. The number of fused-ring (bicyclic) bond motifs is 1. The lowest BCUT2D eigenvalue weighted by Crippen LogP contribution is -2.23. The maximum absolute atomic E-state index is 12.9. The molecule has 116 valence electrons. The molecule has 10 nitrogen and oxygen atoms in total. The number of nitrogen functional groups attached to an aromatic ring is 2. The first-order valence-corrected chi connectivity index (χ1v) is 7.56. The molecule has 2 aromatic heterocycles. The van der Waals surface area contributed by atoms with E-state index in [9.17, 15) is 8.96 Å². The first kappa shape index (κ1) is 15.6. The minimum Gasteiger partial charge on any atom is -0.382 e. The van der Waals surface area contributed by atoms with E-state index in [1.54, 1.807) is 0 Å². The first-order valence-electron chi connectivity index (χ1n) is 5.76. The fourth-order valence-electron chi connectivity index (χ4n) is 1.69. The third kappa shape index (κ3) is 3.85. The number of hydrogen-bond donors (Lipinski definition) is 4. The topological polar surface area (TPSA) is 162 Å². The number of imidazole rings is 1. The number of rotatable bonds is 6. The van der Waals surface area contributed by atoms with Gasteiger partial charge >= 0.3 is 7.60 Å². The molecule has 0 bridgehead atoms. The summed E-state index contributed by atoms with van der Waals surface area (Å²) in [6.45, 7) is -0.987. The van der Waals surface area contributed by atoms with E-state index in [2.05, 4.69) is 15.0 Å². The van der Waals surface area contributed by atoms with Gasteiger partial charge in [-0.15, -0.1) is 0 Å². The molecule has 0 aliphatic heterocycles. The molecule has 2 rings (SSSR count). The van der Waals surface area contributed by atoms with E-state index in [4.69, 9.17) is 26.0 Å². The second kappa shape index (κ2) is 5.90. The third-order valence-electron chi connectivity index (χ3n) is 2.56. The van der Waals surface area contributed by atoms with Gasteiger partial charge in [-0.2, -0.15) is 9.97 Å². The average Bonchev–Trinajstić information content (AvgIpc) is 2.76. The van der Waals surface area contributed by atoms with Crippen LogP contribution in [0.3, 0.4) is 0 Å². The van der Waals surface area contributed by atoms with Crippen LogP contribution in [0.15, 0.2) is 6.33 Å². The Balaban J connectivity index is 2.20. The quantitative estimate of drug-likeness (QED) is 0.513. The summed E-state index contributed by atoms with van der Waals surface area (Å²) in [5.74, 6) is 0.0267. The fraction of sp³-hybridized carbons (Fsp3) is 0.444. The number of anilines is 2. The number of hydrogen-bond acceptors (Lipinski definition) is 7. The van der Waals surface area contributed by atoms with Crippen molar-refractivity contribution in [3.63, 3.8) is 0 Å². The Hall–Kier alpha value is -1.81. The highest BCUT2D eigenvalue weighted by Gasteiger charge is 2.20. The van der Waals surface area contributed by atoms with Gasteiger partial charge in [0, 0.05) is 0 Å². The average molecular weight is 320 g/mol. The van der Waals surface area contributed by atoms with Crippen molar-refractivity contribution in [1.82, 2.24) is 19.5 Å². The summed E-state index contributed by atoms with van der Waals surface area (Å²) in [4.78, 5) is 29.1. The second-order valence-corrected chi connectivity index (χ2v) is 5.86. The van der Waals surface area contributed by atoms with Crippen LogP contribution in [0.5, 0.6) is 0 Å². The van der Waals surface area contributed by atoms with Gasteiger partial charge in [0.05, 0.1) is 12.9 Å². The van der Waals surface area contributed by atoms with Crippen molar-refractivity contribution < 1.29 is 23.5 Å². The maximum Gasteiger partial charge on any atom is 0.350 e. The summed E-state index contributed by atoms with van der Waals surface area (Å²) in [6, 6.07) is 0. The number of nitrogens with zero attached hydrogens (tertiary/aromatic N) is 4. The van der Waals surface area contributed by atoms with Crippen LogP contribution in [-0.2, 0) is 15.8 Å². The van der Waals surface area contributed by atoms with Gasteiger partial charge in [0.1, 0.15) is 24.6 Å². The SMILES string of the molecule is Nc1nc(N)c2ncn(C[C@@H](CF)OCP(=O)(O)O)c2n1. The van der Waals surface area contributed by atoms with Gasteiger partial charge in [-0.25, -0.2) is 9.37 Å². The molecule has 12 heteroatoms. The van der Waals surface area contributed by atoms with E-state index in [0.717, 1.165) is 0 Å². The van der Waals surface area contributed by atoms with Gasteiger partial charge in [-0.1, -0.05) is 0 Å². The zero-order valence-corrected chi connectivity index (χ0v) is 11.7. The number of halogens is 1. The predicted molar refractivity (Wildman–Crippen MR) is 71.9 cm³/mol. The summed E-state index contributed by atoms with van der Waals surface area (Å²) in [5.41, 5.74) is 11.7. The van der Waals surface area contributed by atoms with Gasteiger partial charge in [0.25, 0.3) is 0 Å². The zero-order valence-electron chi connectivity index (χ0n) is 10.8. The third-order valence-corrected chi connectivity index (χ3v) is 3.04. The number of nitrogens with two attached hydrogens (primary N) is 2. The summed E-state index contributed by atoms with van der Waals surface area (Å²) in [6.07, 6.45) is -0.584. The van der Waals surface area contributed by atoms with Crippen LogP contribution < -0.4 is 11.5 Å². The van der Waals surface area contributed by atoms with Gasteiger partial charge in [-0.3, -0.25) is 4.57 Å². The van der Waals surface area contributed by atoms with E-state index in [0.29, 0.717) is 11.2 Å². The van der Waals surface area contributed by atoms with Crippen molar-refractivity contribution in [3.05, 3.63) is 6.33 Å². The predicted octanol–water partition coefficient (Wildman–Crippen LogP) is -0.519. The smallest absolute Gasteiger partial charge is 0.350 e. The lowest BCUT2D eigenvalue weighted by Gasteiger charge is -2.15. The van der Waals surface area contributed by atoms with Crippen molar-refractivity contribution >= 4 is 30.5 Å². The van der Waals surface area contributed by atoms with Crippen LogP contribution >= 0.6 is 7.60 Å². The van der Waals surface area contributed by atoms with Gasteiger partial charge in [0.2, 0.25) is 5.95 Å². The molecule has 0 aliphatic rings. The molecule has 0 amide bonds. The molecule has 1 atom stereocenters. The Labute approximate surface area is 118 Å². The van der Waals surface area contributed by atoms with E-state index in [-0.39, 0.29) is 18.3 Å². The molecule has 2 heterocycles.